The van der Waals surface area contributed by atoms with Gasteiger partial charge in [-0.25, -0.2) is 9.78 Å². The Morgan fingerprint density at radius 1 is 0.958 bits per heavy atom. The number of aromatic nitrogens is 2. The number of rotatable bonds is 3. The molecular weight excluding hydrogens is 320 g/mol. The van der Waals surface area contributed by atoms with Crippen molar-refractivity contribution in [3.63, 3.8) is 0 Å². The minimum Gasteiger partial charge on any atom is -0.476 e. The van der Waals surface area contributed by atoms with Crippen molar-refractivity contribution in [3.05, 3.63) is 71.9 Å². The van der Waals surface area contributed by atoms with Crippen LogP contribution in [-0.4, -0.2) is 21.0 Å². The van der Waals surface area contributed by atoms with Crippen LogP contribution in [0.25, 0.3) is 32.6 Å². The summed E-state index contributed by atoms with van der Waals surface area (Å²) in [5, 5.41) is 10.4. The zero-order valence-corrected chi connectivity index (χ0v) is 13.3. The summed E-state index contributed by atoms with van der Waals surface area (Å²) in [5.41, 5.74) is 3.39. The molecule has 2 aromatic heterocycles. The summed E-state index contributed by atoms with van der Waals surface area (Å²) < 4.78 is 0. The Balaban J connectivity index is 2.02. The number of thiazole rings is 1. The van der Waals surface area contributed by atoms with Crippen molar-refractivity contribution in [3.8, 4) is 21.7 Å². The second-order valence-corrected chi connectivity index (χ2v) is 6.24. The summed E-state index contributed by atoms with van der Waals surface area (Å²) in [6.45, 7) is 0. The van der Waals surface area contributed by atoms with Crippen LogP contribution in [0.2, 0.25) is 0 Å². The van der Waals surface area contributed by atoms with Gasteiger partial charge in [-0.2, -0.15) is 0 Å². The summed E-state index contributed by atoms with van der Waals surface area (Å²) in [7, 11) is 0. The summed E-state index contributed by atoms with van der Waals surface area (Å²) in [5.74, 6) is -1.01. The van der Waals surface area contributed by atoms with E-state index >= 15 is 0 Å². The fourth-order valence-corrected chi connectivity index (χ4v) is 3.61. The third kappa shape index (κ3) is 2.45. The molecule has 2 heterocycles. The van der Waals surface area contributed by atoms with E-state index in [2.05, 4.69) is 9.97 Å². The van der Waals surface area contributed by atoms with Crippen LogP contribution in [0.15, 0.2) is 66.9 Å². The number of aromatic carboxylic acids is 1. The topological polar surface area (TPSA) is 63.1 Å². The molecule has 2 aromatic carbocycles. The average Bonchev–Trinajstić information content (AvgIpc) is 3.07. The highest BCUT2D eigenvalue weighted by Crippen LogP contribution is 2.39. The molecule has 4 nitrogen and oxygen atoms in total. The molecule has 0 saturated carbocycles. The van der Waals surface area contributed by atoms with Crippen LogP contribution in [0.1, 0.15) is 9.80 Å². The SMILES string of the molecule is O=C(O)c1nc(-c2ccnc3ccccc23)c(-c2ccccc2)s1. The highest BCUT2D eigenvalue weighted by molar-refractivity contribution is 7.17. The molecule has 0 aliphatic heterocycles. The summed E-state index contributed by atoms with van der Waals surface area (Å²) in [6.07, 6.45) is 1.73. The predicted octanol–water partition coefficient (Wildman–Crippen LogP) is 4.72. The number of nitrogens with zero attached hydrogens (tertiary/aromatic N) is 2. The fraction of sp³-hybridized carbons (Fsp3) is 0. The molecule has 0 atom stereocenters. The monoisotopic (exact) mass is 332 g/mol. The molecule has 0 radical (unpaired) electrons. The fourth-order valence-electron chi connectivity index (χ4n) is 2.68. The number of benzene rings is 2. The van der Waals surface area contributed by atoms with E-state index in [9.17, 15) is 9.90 Å². The highest BCUT2D eigenvalue weighted by Gasteiger charge is 2.20. The Morgan fingerprint density at radius 2 is 1.71 bits per heavy atom. The third-order valence-corrected chi connectivity index (χ3v) is 4.84. The quantitative estimate of drug-likeness (QED) is 0.589. The van der Waals surface area contributed by atoms with Crippen LogP contribution in [0.4, 0.5) is 0 Å². The molecular formula is C19H12N2O2S. The molecule has 0 unspecified atom stereocenters. The number of carboxylic acid groups (broad SMARTS) is 1. The normalized spacial score (nSPS) is 10.8. The van der Waals surface area contributed by atoms with Crippen molar-refractivity contribution in [1.29, 1.82) is 0 Å². The smallest absolute Gasteiger partial charge is 0.365 e. The van der Waals surface area contributed by atoms with E-state index < -0.39 is 5.97 Å². The van der Waals surface area contributed by atoms with E-state index in [-0.39, 0.29) is 5.01 Å². The number of pyridine rings is 1. The second kappa shape index (κ2) is 5.86. The lowest BCUT2D eigenvalue weighted by molar-refractivity contribution is 0.0696. The van der Waals surface area contributed by atoms with Gasteiger partial charge in [0.2, 0.25) is 5.01 Å². The lowest BCUT2D eigenvalue weighted by atomic mass is 10.0. The van der Waals surface area contributed by atoms with Gasteiger partial charge in [-0.1, -0.05) is 48.5 Å². The summed E-state index contributed by atoms with van der Waals surface area (Å²) >= 11 is 1.19. The number of hydrogen-bond acceptors (Lipinski definition) is 4. The van der Waals surface area contributed by atoms with Gasteiger partial charge in [0.15, 0.2) is 0 Å². The van der Waals surface area contributed by atoms with Crippen LogP contribution in [0, 0.1) is 0 Å². The predicted molar refractivity (Wildman–Crippen MR) is 95.2 cm³/mol. The summed E-state index contributed by atoms with van der Waals surface area (Å²) in [6, 6.07) is 19.4. The maximum Gasteiger partial charge on any atom is 0.365 e. The van der Waals surface area contributed by atoms with Gasteiger partial charge in [-0.15, -0.1) is 11.3 Å². The van der Waals surface area contributed by atoms with Gasteiger partial charge in [0.05, 0.1) is 16.1 Å². The van der Waals surface area contributed by atoms with Gasteiger partial charge in [0.25, 0.3) is 0 Å². The Hall–Kier alpha value is -3.05. The first-order valence-electron chi connectivity index (χ1n) is 7.38. The zero-order valence-electron chi connectivity index (χ0n) is 12.5. The second-order valence-electron chi connectivity index (χ2n) is 5.24. The molecule has 0 bridgehead atoms. The van der Waals surface area contributed by atoms with Crippen LogP contribution in [0.5, 0.6) is 0 Å². The number of carbonyl (C=O) groups is 1. The Kier molecular flexibility index (Phi) is 3.55. The van der Waals surface area contributed by atoms with Gasteiger partial charge >= 0.3 is 5.97 Å². The maximum atomic E-state index is 11.4. The van der Waals surface area contributed by atoms with Crippen molar-refractivity contribution in [2.45, 2.75) is 0 Å². The van der Waals surface area contributed by atoms with E-state index in [1.807, 2.05) is 60.7 Å². The molecule has 1 N–H and O–H groups in total. The molecule has 0 spiro atoms. The molecule has 24 heavy (non-hydrogen) atoms. The van der Waals surface area contributed by atoms with Gasteiger partial charge in [-0.05, 0) is 17.7 Å². The van der Waals surface area contributed by atoms with Crippen LogP contribution in [0.3, 0.4) is 0 Å². The molecule has 116 valence electrons. The maximum absolute atomic E-state index is 11.4. The van der Waals surface area contributed by atoms with Crippen molar-refractivity contribution >= 4 is 28.2 Å². The van der Waals surface area contributed by atoms with E-state index in [4.69, 9.17) is 0 Å². The lowest BCUT2D eigenvalue weighted by Crippen LogP contribution is -1.94. The lowest BCUT2D eigenvalue weighted by Gasteiger charge is -2.06. The van der Waals surface area contributed by atoms with E-state index in [0.29, 0.717) is 5.69 Å². The molecule has 0 aliphatic rings. The van der Waals surface area contributed by atoms with Crippen LogP contribution >= 0.6 is 11.3 Å². The number of hydrogen-bond donors (Lipinski definition) is 1. The molecule has 0 saturated heterocycles. The van der Waals surface area contributed by atoms with Crippen molar-refractivity contribution < 1.29 is 9.90 Å². The first-order chi connectivity index (χ1) is 11.7. The Bertz CT molecular complexity index is 1040. The molecule has 0 aliphatic carbocycles. The Morgan fingerprint density at radius 3 is 2.50 bits per heavy atom. The van der Waals surface area contributed by atoms with Crippen molar-refractivity contribution in [1.82, 2.24) is 9.97 Å². The van der Waals surface area contributed by atoms with Crippen LogP contribution < -0.4 is 0 Å². The highest BCUT2D eigenvalue weighted by atomic mass is 32.1. The third-order valence-electron chi connectivity index (χ3n) is 3.75. The average molecular weight is 332 g/mol. The largest absolute Gasteiger partial charge is 0.476 e. The number of carboxylic acids is 1. The van der Waals surface area contributed by atoms with Gasteiger partial charge < -0.3 is 5.11 Å². The molecule has 5 heteroatoms. The van der Waals surface area contributed by atoms with Crippen molar-refractivity contribution in [2.24, 2.45) is 0 Å². The number of para-hydroxylation sites is 1. The Labute approximate surface area is 142 Å². The van der Waals surface area contributed by atoms with E-state index in [0.717, 1.165) is 26.9 Å². The van der Waals surface area contributed by atoms with E-state index in [1.54, 1.807) is 6.20 Å². The minimum atomic E-state index is -1.01. The van der Waals surface area contributed by atoms with Gasteiger partial charge in [-0.3, -0.25) is 4.98 Å². The van der Waals surface area contributed by atoms with Crippen molar-refractivity contribution in [2.75, 3.05) is 0 Å². The number of fused-ring (bicyclic) bond motifs is 1. The molecule has 0 fully saturated rings. The molecule has 4 rings (SSSR count). The molecule has 0 amide bonds. The van der Waals surface area contributed by atoms with Gasteiger partial charge in [0.1, 0.15) is 0 Å². The van der Waals surface area contributed by atoms with E-state index in [1.165, 1.54) is 11.3 Å². The molecule has 4 aromatic rings. The zero-order chi connectivity index (χ0) is 16.5. The first-order valence-corrected chi connectivity index (χ1v) is 8.19. The minimum absolute atomic E-state index is 0.0877. The van der Waals surface area contributed by atoms with Crippen LogP contribution in [-0.2, 0) is 0 Å². The first kappa shape index (κ1) is 14.5. The standard InChI is InChI=1S/C19H12N2O2S/c22-19(23)18-21-16(17(24-18)12-6-2-1-3-7-12)14-10-11-20-15-9-5-4-8-13(14)15/h1-11H,(H,22,23). The van der Waals surface area contributed by atoms with Gasteiger partial charge in [0, 0.05) is 17.1 Å². The summed E-state index contributed by atoms with van der Waals surface area (Å²) in [4.78, 5) is 21.0.